The van der Waals surface area contributed by atoms with E-state index in [1.807, 2.05) is 49.1 Å². The molecule has 2 unspecified atom stereocenters. The minimum absolute atomic E-state index is 0.0474. The van der Waals surface area contributed by atoms with Gasteiger partial charge in [0, 0.05) is 87.0 Å². The first kappa shape index (κ1) is 79.3. The van der Waals surface area contributed by atoms with Crippen LogP contribution in [0.15, 0.2) is 73.3 Å². The monoisotopic (exact) mass is 1340 g/mol. The lowest BCUT2D eigenvalue weighted by Crippen LogP contribution is -2.42. The molecule has 0 bridgehead atoms. The fourth-order valence-electron chi connectivity index (χ4n) is 9.42. The Morgan fingerprint density at radius 3 is 0.967 bits per heavy atom. The van der Waals surface area contributed by atoms with Gasteiger partial charge in [0.15, 0.2) is 56.3 Å². The van der Waals surface area contributed by atoms with Gasteiger partial charge in [0.1, 0.15) is 0 Å². The number of hydrogen-bond acceptors (Lipinski definition) is 14. The van der Waals surface area contributed by atoms with Gasteiger partial charge in [-0.05, 0) is 199 Å². The molecular weight excluding hydrogens is 1220 g/mol. The molecular formula is C72H124B2N2O12Si4. The summed E-state index contributed by atoms with van der Waals surface area (Å²) in [5.41, 5.74) is 4.70. The number of pyridine rings is 2. The number of rotatable bonds is 28. The van der Waals surface area contributed by atoms with Crippen LogP contribution in [0.2, 0.25) is 85.2 Å². The molecule has 6 rings (SSSR count). The number of aromatic nitrogens is 2. The molecule has 516 valence electrons. The Labute approximate surface area is 563 Å². The van der Waals surface area contributed by atoms with Gasteiger partial charge in [0.05, 0.1) is 49.8 Å². The van der Waals surface area contributed by atoms with Crippen molar-refractivity contribution in [1.82, 2.24) is 9.97 Å². The van der Waals surface area contributed by atoms with E-state index in [0.717, 1.165) is 46.2 Å². The molecule has 0 N–H and O–H groups in total. The van der Waals surface area contributed by atoms with Crippen LogP contribution in [0.3, 0.4) is 0 Å². The summed E-state index contributed by atoms with van der Waals surface area (Å²) in [6, 6.07) is 16.6. The third-order valence-electron chi connectivity index (χ3n) is 21.5. The molecule has 4 aromatic rings. The summed E-state index contributed by atoms with van der Waals surface area (Å²) < 4.78 is 75.8. The molecule has 0 aliphatic carbocycles. The quantitative estimate of drug-likeness (QED) is 0.0394. The third kappa shape index (κ3) is 20.8. The molecule has 2 atom stereocenters. The molecule has 0 radical (unpaired) electrons. The molecule has 2 aromatic carbocycles. The van der Waals surface area contributed by atoms with Crippen LogP contribution in [0, 0.1) is 0 Å². The highest BCUT2D eigenvalue weighted by Crippen LogP contribution is 2.46. The van der Waals surface area contributed by atoms with Crippen LogP contribution < -0.4 is 18.9 Å². The zero-order chi connectivity index (χ0) is 69.5. The number of methoxy groups -OCH3 is 2. The van der Waals surface area contributed by atoms with Gasteiger partial charge < -0.3 is 55.3 Å². The van der Waals surface area contributed by atoms with E-state index in [0.29, 0.717) is 75.3 Å². The summed E-state index contributed by atoms with van der Waals surface area (Å²) in [6.07, 6.45) is 10.7. The van der Waals surface area contributed by atoms with Gasteiger partial charge in [-0.2, -0.15) is 0 Å². The summed E-state index contributed by atoms with van der Waals surface area (Å²) in [7, 11) is -4.85. The molecule has 14 nitrogen and oxygen atoms in total. The molecule has 2 fully saturated rings. The molecule has 2 aliphatic rings. The Kier molecular flexibility index (Phi) is 26.4. The van der Waals surface area contributed by atoms with E-state index in [1.54, 1.807) is 14.2 Å². The Bertz CT molecular complexity index is 2770. The lowest BCUT2D eigenvalue weighted by molar-refractivity contribution is 0.00578. The molecule has 2 saturated heterocycles. The van der Waals surface area contributed by atoms with Crippen molar-refractivity contribution in [2.45, 2.75) is 271 Å². The first-order valence-electron chi connectivity index (χ1n) is 33.8. The van der Waals surface area contributed by atoms with Crippen molar-refractivity contribution in [3.63, 3.8) is 0 Å². The maximum Gasteiger partial charge on any atom is 0.458 e. The topological polar surface area (TPSA) is 137 Å². The highest BCUT2D eigenvalue weighted by Gasteiger charge is 2.53. The van der Waals surface area contributed by atoms with E-state index in [-0.39, 0.29) is 68.6 Å². The smallest absolute Gasteiger partial charge is 0.458 e. The molecule has 92 heavy (non-hydrogen) atoms. The van der Waals surface area contributed by atoms with Gasteiger partial charge in [0.2, 0.25) is 0 Å². The minimum atomic E-state index is -1.99. The Morgan fingerprint density at radius 2 is 0.685 bits per heavy atom. The fraction of sp³-hybridized carbons (Fsp3) is 0.694. The molecule has 0 amide bonds. The fourth-order valence-corrected chi connectivity index (χ4v) is 13.7. The number of nitrogens with zero attached hydrogens (tertiary/aromatic N) is 2. The van der Waals surface area contributed by atoms with Crippen molar-refractivity contribution in [3.05, 3.63) is 84.4 Å². The van der Waals surface area contributed by atoms with Crippen molar-refractivity contribution in [3.8, 4) is 45.3 Å². The van der Waals surface area contributed by atoms with Gasteiger partial charge in [-0.25, -0.2) is 0 Å². The van der Waals surface area contributed by atoms with E-state index in [2.05, 4.69) is 215 Å². The van der Waals surface area contributed by atoms with Crippen molar-refractivity contribution >= 4 is 47.5 Å². The molecule has 0 saturated carbocycles. The Balaban J connectivity index is 0.000000334. The van der Waals surface area contributed by atoms with Gasteiger partial charge in [-0.1, -0.05) is 95.2 Å². The van der Waals surface area contributed by atoms with Crippen LogP contribution in [0.4, 0.5) is 0 Å². The summed E-state index contributed by atoms with van der Waals surface area (Å²) in [5.74, 6) is 2.94. The van der Waals surface area contributed by atoms with Crippen LogP contribution in [0.25, 0.3) is 22.3 Å². The first-order valence-corrected chi connectivity index (χ1v) is 45.4. The predicted octanol–water partition coefficient (Wildman–Crippen LogP) is 19.5. The second-order valence-corrected chi connectivity index (χ2v) is 53.0. The van der Waals surface area contributed by atoms with Gasteiger partial charge in [-0.3, -0.25) is 9.97 Å². The van der Waals surface area contributed by atoms with E-state index < -0.39 is 33.3 Å². The zero-order valence-corrected chi connectivity index (χ0v) is 67.1. The average Bonchev–Trinajstić information content (AvgIpc) is 1.64. The van der Waals surface area contributed by atoms with E-state index in [1.165, 1.54) is 0 Å². The molecule has 0 spiro atoms. The lowest BCUT2D eigenvalue weighted by Gasteiger charge is -2.37. The molecule has 2 aliphatic heterocycles. The van der Waals surface area contributed by atoms with Crippen LogP contribution in [-0.4, -0.2) is 134 Å². The van der Waals surface area contributed by atoms with Crippen LogP contribution in [-0.2, 0) is 36.3 Å². The normalized spacial score (nSPS) is 17.7. The number of benzene rings is 2. The lowest BCUT2D eigenvalue weighted by atomic mass is 9.75. The largest absolute Gasteiger partial charge is 0.493 e. The molecule has 4 heterocycles. The first-order chi connectivity index (χ1) is 42.0. The summed E-state index contributed by atoms with van der Waals surface area (Å²) >= 11 is 0. The highest BCUT2D eigenvalue weighted by atomic mass is 28.4. The predicted molar refractivity (Wildman–Crippen MR) is 393 cm³/mol. The SMILES string of the molecule is COc1ccc(-c2cncc(C(CO[Si](C)(C)C(C)(C)C)CB3OC(C)(C)C(C)(C)O3)c2)cc1OCCCO[Si](C)(C)C(C)(C)C.COc1ccc(-c2cncc(C(CO[Si](C)(C)C(C)(C)C)CB3OC(C)(C)C(C)(C)O3)c2)cc1OCCCO[Si](C)(C)C(C)(C)C. The average molecular weight is 1340 g/mol. The van der Waals surface area contributed by atoms with Gasteiger partial charge >= 0.3 is 14.2 Å². The maximum absolute atomic E-state index is 6.78. The van der Waals surface area contributed by atoms with E-state index >= 15 is 0 Å². The van der Waals surface area contributed by atoms with Crippen LogP contribution >= 0.6 is 0 Å². The van der Waals surface area contributed by atoms with Crippen LogP contribution in [0.1, 0.15) is 174 Å². The Morgan fingerprint density at radius 1 is 0.391 bits per heavy atom. The van der Waals surface area contributed by atoms with Crippen molar-refractivity contribution in [1.29, 1.82) is 0 Å². The Hall–Kier alpha value is -3.38. The van der Waals surface area contributed by atoms with Crippen molar-refractivity contribution in [2.24, 2.45) is 0 Å². The highest BCUT2D eigenvalue weighted by molar-refractivity contribution is 6.75. The van der Waals surface area contributed by atoms with E-state index in [4.69, 9.17) is 65.2 Å². The molecule has 2 aromatic heterocycles. The second kappa shape index (κ2) is 30.6. The molecule has 20 heteroatoms. The summed E-state index contributed by atoms with van der Waals surface area (Å²) in [4.78, 5) is 9.40. The number of ether oxygens (including phenoxy) is 4. The van der Waals surface area contributed by atoms with Crippen molar-refractivity contribution < 1.29 is 55.3 Å². The summed E-state index contributed by atoms with van der Waals surface area (Å²) in [5, 5.41) is 0.596. The van der Waals surface area contributed by atoms with E-state index in [9.17, 15) is 0 Å². The third-order valence-corrected chi connectivity index (χ3v) is 39.6. The zero-order valence-electron chi connectivity index (χ0n) is 63.1. The van der Waals surface area contributed by atoms with Gasteiger partial charge in [-0.15, -0.1) is 0 Å². The maximum atomic E-state index is 6.78. The van der Waals surface area contributed by atoms with Crippen LogP contribution in [0.5, 0.6) is 23.0 Å². The minimum Gasteiger partial charge on any atom is -0.493 e. The summed E-state index contributed by atoms with van der Waals surface area (Å²) in [6.45, 7) is 65.9. The van der Waals surface area contributed by atoms with Gasteiger partial charge in [0.25, 0.3) is 0 Å². The standard InChI is InChI=1S/2C36H62BNO6Si2/c2*1-33(2,3)45(12,13)41-20-16-19-40-32-22-27(17-18-31(32)39-11)28-21-29(25-38-24-28)30(26-42-46(14,15)34(4,5)6)23-37-43-35(7,8)36(9,10)44-37/h2*17-18,21-22,24-25,30H,16,19-20,23,26H2,1-15H3. The second-order valence-electron chi connectivity index (χ2n) is 33.7. The van der Waals surface area contributed by atoms with Crippen molar-refractivity contribution in [2.75, 3.05) is 53.9 Å². The number of hydrogen-bond donors (Lipinski definition) is 0.